The van der Waals surface area contributed by atoms with Gasteiger partial charge in [0.1, 0.15) is 0 Å². The van der Waals surface area contributed by atoms with Crippen molar-refractivity contribution in [1.82, 2.24) is 0 Å². The Morgan fingerprint density at radius 3 is 2.36 bits per heavy atom. The number of hydrogen-bond donors (Lipinski definition) is 2. The first-order chi connectivity index (χ1) is 6.81. The van der Waals surface area contributed by atoms with Crippen LogP contribution in [0.1, 0.15) is 26.2 Å². The smallest absolute Gasteiger partial charge is 0.0701 e. The molecule has 0 heterocycles. The topological polar surface area (TPSA) is 58.9 Å². The summed E-state index contributed by atoms with van der Waals surface area (Å²) in [5.74, 6) is 0. The molecule has 0 saturated heterocycles. The summed E-state index contributed by atoms with van der Waals surface area (Å²) in [7, 11) is 0. The molecule has 86 valence electrons. The highest BCUT2D eigenvalue weighted by molar-refractivity contribution is 4.50. The van der Waals surface area contributed by atoms with E-state index in [4.69, 9.17) is 19.7 Å². The normalized spacial score (nSPS) is 13.1. The molecule has 0 aromatic carbocycles. The summed E-state index contributed by atoms with van der Waals surface area (Å²) in [6.45, 7) is 3.73. The van der Waals surface area contributed by atoms with Crippen LogP contribution in [0.15, 0.2) is 0 Å². The van der Waals surface area contributed by atoms with Crippen molar-refractivity contribution in [1.29, 1.82) is 0 Å². The van der Waals surface area contributed by atoms with Crippen LogP contribution in [0.2, 0.25) is 0 Å². The first kappa shape index (κ1) is 13.8. The molecule has 0 fully saturated rings. The zero-order valence-electron chi connectivity index (χ0n) is 8.95. The van der Waals surface area contributed by atoms with Gasteiger partial charge in [0.25, 0.3) is 0 Å². The maximum Gasteiger partial charge on any atom is 0.0701 e. The first-order valence-electron chi connectivity index (χ1n) is 5.22. The fourth-order valence-electron chi connectivity index (χ4n) is 1.14. The molecule has 0 aliphatic heterocycles. The maximum absolute atomic E-state index is 8.52. The van der Waals surface area contributed by atoms with Gasteiger partial charge in [0, 0.05) is 6.61 Å². The summed E-state index contributed by atoms with van der Waals surface area (Å²) < 4.78 is 10.4. The molecule has 0 spiro atoms. The van der Waals surface area contributed by atoms with E-state index in [0.29, 0.717) is 19.8 Å². The van der Waals surface area contributed by atoms with Crippen LogP contribution < -0.4 is 0 Å². The third-order valence-corrected chi connectivity index (χ3v) is 1.88. The van der Waals surface area contributed by atoms with Crippen molar-refractivity contribution in [2.45, 2.75) is 32.3 Å². The van der Waals surface area contributed by atoms with Crippen molar-refractivity contribution in [3.8, 4) is 0 Å². The summed E-state index contributed by atoms with van der Waals surface area (Å²) in [4.78, 5) is 0. The van der Waals surface area contributed by atoms with Gasteiger partial charge < -0.3 is 19.7 Å². The van der Waals surface area contributed by atoms with Gasteiger partial charge in [0.15, 0.2) is 0 Å². The zero-order valence-corrected chi connectivity index (χ0v) is 8.95. The van der Waals surface area contributed by atoms with Gasteiger partial charge >= 0.3 is 0 Å². The number of ether oxygens (including phenoxy) is 2. The highest BCUT2D eigenvalue weighted by Gasteiger charge is 2.00. The fourth-order valence-corrected chi connectivity index (χ4v) is 1.14. The molecule has 2 N–H and O–H groups in total. The molecule has 0 bridgehead atoms. The van der Waals surface area contributed by atoms with E-state index in [9.17, 15) is 0 Å². The van der Waals surface area contributed by atoms with Gasteiger partial charge in [0.2, 0.25) is 0 Å². The van der Waals surface area contributed by atoms with Crippen LogP contribution in [0.4, 0.5) is 0 Å². The van der Waals surface area contributed by atoms with E-state index >= 15 is 0 Å². The van der Waals surface area contributed by atoms with E-state index in [0.717, 1.165) is 19.3 Å². The molecule has 0 aromatic heterocycles. The summed E-state index contributed by atoms with van der Waals surface area (Å²) in [6.07, 6.45) is 3.24. The van der Waals surface area contributed by atoms with E-state index < -0.39 is 0 Å². The molecule has 14 heavy (non-hydrogen) atoms. The molecule has 0 aliphatic rings. The number of aliphatic hydroxyl groups excluding tert-OH is 2. The van der Waals surface area contributed by atoms with Crippen LogP contribution >= 0.6 is 0 Å². The third-order valence-electron chi connectivity index (χ3n) is 1.88. The van der Waals surface area contributed by atoms with Gasteiger partial charge in [-0.2, -0.15) is 0 Å². The quantitative estimate of drug-likeness (QED) is 0.513. The summed E-state index contributed by atoms with van der Waals surface area (Å²) >= 11 is 0. The average Bonchev–Trinajstić information content (AvgIpc) is 2.20. The van der Waals surface area contributed by atoms with Gasteiger partial charge in [-0.3, -0.25) is 0 Å². The Balaban J connectivity index is 3.02. The van der Waals surface area contributed by atoms with Crippen molar-refractivity contribution in [3.63, 3.8) is 0 Å². The summed E-state index contributed by atoms with van der Waals surface area (Å²) in [5, 5.41) is 17.0. The van der Waals surface area contributed by atoms with Crippen LogP contribution in [0.5, 0.6) is 0 Å². The SMILES string of the molecule is CC(CCCCOCCO)OCCO. The Morgan fingerprint density at radius 1 is 1.00 bits per heavy atom. The molecule has 4 heteroatoms. The molecule has 0 radical (unpaired) electrons. The van der Waals surface area contributed by atoms with Crippen molar-refractivity contribution >= 4 is 0 Å². The lowest BCUT2D eigenvalue weighted by Gasteiger charge is -2.11. The van der Waals surface area contributed by atoms with Crippen LogP contribution in [-0.4, -0.2) is 49.4 Å². The average molecular weight is 206 g/mol. The van der Waals surface area contributed by atoms with Crippen molar-refractivity contribution in [2.24, 2.45) is 0 Å². The number of rotatable bonds is 10. The minimum Gasteiger partial charge on any atom is -0.394 e. The van der Waals surface area contributed by atoms with Gasteiger partial charge in [-0.25, -0.2) is 0 Å². The molecular weight excluding hydrogens is 184 g/mol. The van der Waals surface area contributed by atoms with Gasteiger partial charge in [-0.05, 0) is 26.2 Å². The molecule has 0 aromatic rings. The molecule has 0 amide bonds. The lowest BCUT2D eigenvalue weighted by molar-refractivity contribution is 0.0310. The van der Waals surface area contributed by atoms with Gasteiger partial charge in [-0.1, -0.05) is 0 Å². The standard InChI is InChI=1S/C10H22O4/c1-10(14-9-6-12)4-2-3-7-13-8-5-11/h10-12H,2-9H2,1H3. The highest BCUT2D eigenvalue weighted by Crippen LogP contribution is 2.04. The molecule has 0 aliphatic carbocycles. The second-order valence-electron chi connectivity index (χ2n) is 3.24. The minimum atomic E-state index is 0.0873. The Hall–Kier alpha value is -0.160. The molecule has 4 nitrogen and oxygen atoms in total. The monoisotopic (exact) mass is 206 g/mol. The van der Waals surface area contributed by atoms with Gasteiger partial charge in [-0.15, -0.1) is 0 Å². The Morgan fingerprint density at radius 2 is 1.71 bits per heavy atom. The molecule has 0 rings (SSSR count). The van der Waals surface area contributed by atoms with Gasteiger partial charge in [0.05, 0.1) is 32.5 Å². The predicted octanol–water partition coefficient (Wildman–Crippen LogP) is 0.563. The van der Waals surface area contributed by atoms with Crippen LogP contribution in [0.3, 0.4) is 0 Å². The van der Waals surface area contributed by atoms with E-state index in [1.165, 1.54) is 0 Å². The highest BCUT2D eigenvalue weighted by atomic mass is 16.5. The zero-order chi connectivity index (χ0) is 10.6. The van der Waals surface area contributed by atoms with E-state index in [1.54, 1.807) is 0 Å². The summed E-state index contributed by atoms with van der Waals surface area (Å²) in [6, 6.07) is 0. The predicted molar refractivity (Wildman–Crippen MR) is 54.3 cm³/mol. The van der Waals surface area contributed by atoms with E-state index in [2.05, 4.69) is 0 Å². The second kappa shape index (κ2) is 10.9. The lowest BCUT2D eigenvalue weighted by Crippen LogP contribution is -2.11. The van der Waals surface area contributed by atoms with Crippen molar-refractivity contribution in [3.05, 3.63) is 0 Å². The van der Waals surface area contributed by atoms with E-state index in [-0.39, 0.29) is 19.3 Å². The summed E-state index contributed by atoms with van der Waals surface area (Å²) in [5.41, 5.74) is 0. The molecule has 1 unspecified atom stereocenters. The van der Waals surface area contributed by atoms with Crippen molar-refractivity contribution < 1.29 is 19.7 Å². The number of aliphatic hydroxyl groups is 2. The minimum absolute atomic E-state index is 0.0873. The number of hydrogen-bond acceptors (Lipinski definition) is 4. The Kier molecular flexibility index (Phi) is 10.8. The first-order valence-corrected chi connectivity index (χ1v) is 5.22. The fraction of sp³-hybridized carbons (Fsp3) is 1.00. The Labute approximate surface area is 85.8 Å². The van der Waals surface area contributed by atoms with Crippen LogP contribution in [0, 0.1) is 0 Å². The largest absolute Gasteiger partial charge is 0.394 e. The second-order valence-corrected chi connectivity index (χ2v) is 3.24. The third kappa shape index (κ3) is 9.92. The van der Waals surface area contributed by atoms with Crippen molar-refractivity contribution in [2.75, 3.05) is 33.0 Å². The molecular formula is C10H22O4. The van der Waals surface area contributed by atoms with E-state index in [1.807, 2.05) is 6.92 Å². The lowest BCUT2D eigenvalue weighted by atomic mass is 10.2. The molecule has 0 saturated carbocycles. The maximum atomic E-state index is 8.52. The number of unbranched alkanes of at least 4 members (excludes halogenated alkanes) is 1. The Bertz CT molecular complexity index is 108. The van der Waals surface area contributed by atoms with Crippen LogP contribution in [-0.2, 0) is 9.47 Å². The molecule has 1 atom stereocenters. The van der Waals surface area contributed by atoms with Crippen LogP contribution in [0.25, 0.3) is 0 Å².